The van der Waals surface area contributed by atoms with E-state index in [-0.39, 0.29) is 0 Å². The second-order valence-corrected chi connectivity index (χ2v) is 3.61. The Hall–Kier alpha value is -0.940. The molecule has 0 fully saturated rings. The number of thiazole rings is 1. The lowest BCUT2D eigenvalue weighted by Crippen LogP contribution is -2.23. The molecule has 1 N–H and O–H groups in total. The smallest absolute Gasteiger partial charge is 0.311 e. The number of carbonyl (C=O) groups is 1. The monoisotopic (exact) mass is 215 g/mol. The van der Waals surface area contributed by atoms with Crippen LogP contribution in [-0.4, -0.2) is 23.2 Å². The zero-order valence-corrected chi connectivity index (χ0v) is 8.95. The minimum atomic E-state index is -0.862. The van der Waals surface area contributed by atoms with Crippen LogP contribution in [-0.2, 0) is 9.53 Å². The van der Waals surface area contributed by atoms with Crippen LogP contribution in [0.3, 0.4) is 0 Å². The molecule has 1 rings (SSSR count). The van der Waals surface area contributed by atoms with Gasteiger partial charge >= 0.3 is 5.97 Å². The Kier molecular flexibility index (Phi) is 4.03. The van der Waals surface area contributed by atoms with E-state index < -0.39 is 18.0 Å². The lowest BCUT2D eigenvalue weighted by molar-refractivity contribution is -0.149. The summed E-state index contributed by atoms with van der Waals surface area (Å²) in [6.07, 6.45) is -0.329. The molecule has 1 aromatic heterocycles. The Bertz CT molecular complexity index is 286. The normalized spacial score (nSPS) is 14.8. The van der Waals surface area contributed by atoms with E-state index in [0.29, 0.717) is 12.1 Å². The molecule has 0 aliphatic rings. The van der Waals surface area contributed by atoms with Crippen molar-refractivity contribution in [1.29, 1.82) is 0 Å². The highest BCUT2D eigenvalue weighted by Crippen LogP contribution is 2.25. The molecule has 0 aromatic carbocycles. The minimum absolute atomic E-state index is 0.395. The highest BCUT2D eigenvalue weighted by Gasteiger charge is 2.28. The molecule has 2 unspecified atom stereocenters. The van der Waals surface area contributed by atoms with E-state index >= 15 is 0 Å². The van der Waals surface area contributed by atoms with Crippen molar-refractivity contribution in [2.24, 2.45) is 5.92 Å². The molecule has 5 heteroatoms. The third-order valence-corrected chi connectivity index (χ3v) is 2.68. The van der Waals surface area contributed by atoms with E-state index in [1.807, 2.05) is 6.92 Å². The summed E-state index contributed by atoms with van der Waals surface area (Å²) in [4.78, 5) is 15.2. The maximum atomic E-state index is 11.3. The van der Waals surface area contributed by atoms with Crippen LogP contribution < -0.4 is 0 Å². The van der Waals surface area contributed by atoms with Crippen LogP contribution in [0, 0.1) is 5.92 Å². The number of hydrogen-bond donors (Lipinski definition) is 1. The fourth-order valence-corrected chi connectivity index (χ4v) is 1.83. The maximum absolute atomic E-state index is 11.3. The summed E-state index contributed by atoms with van der Waals surface area (Å²) in [6, 6.07) is 0. The first-order chi connectivity index (χ1) is 6.70. The Morgan fingerprint density at radius 1 is 1.79 bits per heavy atom. The second kappa shape index (κ2) is 5.07. The van der Waals surface area contributed by atoms with E-state index in [4.69, 9.17) is 0 Å². The van der Waals surface area contributed by atoms with Gasteiger partial charge in [-0.05, 0) is 6.42 Å². The summed E-state index contributed by atoms with van der Waals surface area (Å²) >= 11 is 1.39. The van der Waals surface area contributed by atoms with E-state index in [2.05, 4.69) is 9.72 Å². The molecule has 0 amide bonds. The number of methoxy groups -OCH3 is 1. The highest BCUT2D eigenvalue weighted by atomic mass is 32.1. The number of nitrogens with zero attached hydrogens (tertiary/aromatic N) is 1. The fourth-order valence-electron chi connectivity index (χ4n) is 1.24. The predicted octanol–water partition coefficient (Wildman–Crippen LogP) is 1.38. The SMILES string of the molecule is CCC(C(=O)OC)C(O)c1cscn1. The van der Waals surface area contributed by atoms with E-state index in [1.54, 1.807) is 10.9 Å². The Balaban J connectivity index is 2.75. The summed E-state index contributed by atoms with van der Waals surface area (Å²) in [5, 5.41) is 11.5. The number of aliphatic hydroxyl groups excluding tert-OH is 1. The van der Waals surface area contributed by atoms with Gasteiger partial charge in [0.1, 0.15) is 6.10 Å². The van der Waals surface area contributed by atoms with Crippen LogP contribution in [0.15, 0.2) is 10.9 Å². The molecule has 0 spiro atoms. The van der Waals surface area contributed by atoms with Crippen molar-refractivity contribution in [1.82, 2.24) is 4.98 Å². The molecule has 0 bridgehead atoms. The lowest BCUT2D eigenvalue weighted by Gasteiger charge is -2.17. The third-order valence-electron chi connectivity index (χ3n) is 2.08. The molecule has 0 aliphatic carbocycles. The number of rotatable bonds is 4. The van der Waals surface area contributed by atoms with Gasteiger partial charge in [-0.25, -0.2) is 4.98 Å². The van der Waals surface area contributed by atoms with Crippen LogP contribution in [0.1, 0.15) is 25.1 Å². The zero-order valence-electron chi connectivity index (χ0n) is 8.14. The average molecular weight is 215 g/mol. The van der Waals surface area contributed by atoms with E-state index in [0.717, 1.165) is 0 Å². The fraction of sp³-hybridized carbons (Fsp3) is 0.556. The van der Waals surface area contributed by atoms with Crippen molar-refractivity contribution < 1.29 is 14.6 Å². The number of carbonyl (C=O) groups excluding carboxylic acids is 1. The maximum Gasteiger partial charge on any atom is 0.311 e. The van der Waals surface area contributed by atoms with Gasteiger partial charge in [-0.3, -0.25) is 4.79 Å². The molecule has 0 saturated carbocycles. The summed E-state index contributed by atoms with van der Waals surface area (Å²) < 4.78 is 4.60. The molecule has 0 aliphatic heterocycles. The Labute approximate surface area is 86.6 Å². The van der Waals surface area contributed by atoms with E-state index in [1.165, 1.54) is 18.4 Å². The van der Waals surface area contributed by atoms with Crippen LogP contribution in [0.2, 0.25) is 0 Å². The molecule has 0 radical (unpaired) electrons. The molecule has 1 heterocycles. The molecular formula is C9H13NO3S. The summed E-state index contributed by atoms with van der Waals surface area (Å²) in [7, 11) is 1.32. The summed E-state index contributed by atoms with van der Waals surface area (Å²) in [6.45, 7) is 1.83. The third kappa shape index (κ3) is 2.30. The van der Waals surface area contributed by atoms with Gasteiger partial charge in [0.05, 0.1) is 24.2 Å². The molecule has 0 saturated heterocycles. The first-order valence-corrected chi connectivity index (χ1v) is 5.29. The van der Waals surface area contributed by atoms with Gasteiger partial charge < -0.3 is 9.84 Å². The topological polar surface area (TPSA) is 59.4 Å². The molecule has 4 nitrogen and oxygen atoms in total. The largest absolute Gasteiger partial charge is 0.469 e. The quantitative estimate of drug-likeness (QED) is 0.771. The van der Waals surface area contributed by atoms with Crippen molar-refractivity contribution >= 4 is 17.3 Å². The van der Waals surface area contributed by atoms with Gasteiger partial charge in [0, 0.05) is 5.38 Å². The first-order valence-electron chi connectivity index (χ1n) is 4.34. The zero-order chi connectivity index (χ0) is 10.6. The van der Waals surface area contributed by atoms with Crippen molar-refractivity contribution in [2.75, 3.05) is 7.11 Å². The Morgan fingerprint density at radius 2 is 2.50 bits per heavy atom. The molecule has 78 valence electrons. The molecular weight excluding hydrogens is 202 g/mol. The average Bonchev–Trinajstić information content (AvgIpc) is 2.71. The second-order valence-electron chi connectivity index (χ2n) is 2.90. The summed E-state index contributed by atoms with van der Waals surface area (Å²) in [5.74, 6) is -0.921. The van der Waals surface area contributed by atoms with Gasteiger partial charge in [0.15, 0.2) is 0 Å². The molecule has 2 atom stereocenters. The van der Waals surface area contributed by atoms with Gasteiger partial charge in [0.2, 0.25) is 0 Å². The van der Waals surface area contributed by atoms with Crippen molar-refractivity contribution in [3.63, 3.8) is 0 Å². The van der Waals surface area contributed by atoms with Gasteiger partial charge in [-0.1, -0.05) is 6.92 Å². The number of hydrogen-bond acceptors (Lipinski definition) is 5. The first kappa shape index (κ1) is 11.1. The van der Waals surface area contributed by atoms with Gasteiger partial charge in [-0.2, -0.15) is 0 Å². The van der Waals surface area contributed by atoms with Gasteiger partial charge in [-0.15, -0.1) is 11.3 Å². The lowest BCUT2D eigenvalue weighted by atomic mass is 9.98. The standard InChI is InChI=1S/C9H13NO3S/c1-3-6(9(12)13-2)8(11)7-4-14-5-10-7/h4-6,8,11H,3H2,1-2H3. The van der Waals surface area contributed by atoms with Crippen LogP contribution in [0.4, 0.5) is 0 Å². The highest BCUT2D eigenvalue weighted by molar-refractivity contribution is 7.07. The molecule has 14 heavy (non-hydrogen) atoms. The van der Waals surface area contributed by atoms with Crippen molar-refractivity contribution in [3.05, 3.63) is 16.6 Å². The summed E-state index contributed by atoms with van der Waals surface area (Å²) in [5.41, 5.74) is 2.16. The van der Waals surface area contributed by atoms with Gasteiger partial charge in [0.25, 0.3) is 0 Å². The number of aromatic nitrogens is 1. The molecule has 1 aromatic rings. The predicted molar refractivity (Wildman–Crippen MR) is 52.9 cm³/mol. The van der Waals surface area contributed by atoms with E-state index in [9.17, 15) is 9.90 Å². The minimum Gasteiger partial charge on any atom is -0.469 e. The van der Waals surface area contributed by atoms with Crippen LogP contribution in [0.5, 0.6) is 0 Å². The number of esters is 1. The Morgan fingerprint density at radius 3 is 2.93 bits per heavy atom. The van der Waals surface area contributed by atoms with Crippen LogP contribution in [0.25, 0.3) is 0 Å². The van der Waals surface area contributed by atoms with Crippen LogP contribution >= 0.6 is 11.3 Å². The number of aliphatic hydroxyl groups is 1. The van der Waals surface area contributed by atoms with Crippen molar-refractivity contribution in [3.8, 4) is 0 Å². The number of ether oxygens (including phenoxy) is 1. The van der Waals surface area contributed by atoms with Crippen molar-refractivity contribution in [2.45, 2.75) is 19.4 Å².